The third kappa shape index (κ3) is 2.44. The van der Waals surface area contributed by atoms with Gasteiger partial charge in [0, 0.05) is 17.2 Å². The van der Waals surface area contributed by atoms with Crippen LogP contribution in [-0.4, -0.2) is 22.2 Å². The first-order valence-electron chi connectivity index (χ1n) is 4.73. The maximum atomic E-state index is 10.2. The number of hydrogen-bond acceptors (Lipinski definition) is 2. The Morgan fingerprint density at radius 1 is 1.36 bits per heavy atom. The lowest BCUT2D eigenvalue weighted by atomic mass is 9.94. The highest BCUT2D eigenvalue weighted by Gasteiger charge is 2.31. The van der Waals surface area contributed by atoms with E-state index in [1.54, 1.807) is 0 Å². The van der Waals surface area contributed by atoms with E-state index in [1.165, 1.54) is 5.56 Å². The summed E-state index contributed by atoms with van der Waals surface area (Å²) >= 11 is 7.62. The minimum Gasteiger partial charge on any atom is -0.389 e. The van der Waals surface area contributed by atoms with Crippen molar-refractivity contribution in [1.29, 1.82) is 0 Å². The van der Waals surface area contributed by atoms with Crippen molar-refractivity contribution in [2.24, 2.45) is 0 Å². The molecule has 0 aromatic heterocycles. The second-order valence-corrected chi connectivity index (χ2v) is 5.37. The largest absolute Gasteiger partial charge is 0.389 e. The predicted molar refractivity (Wildman–Crippen MR) is 62.0 cm³/mol. The third-order valence-electron chi connectivity index (χ3n) is 2.53. The molecule has 76 valence electrons. The van der Waals surface area contributed by atoms with Crippen molar-refractivity contribution in [3.8, 4) is 0 Å². The lowest BCUT2D eigenvalue weighted by Gasteiger charge is -2.21. The SMILES string of the molecule is OC1(Cc2ccc(Cl)cc2)CCSC1. The van der Waals surface area contributed by atoms with Crippen LogP contribution in [0.15, 0.2) is 24.3 Å². The zero-order valence-corrected chi connectivity index (χ0v) is 9.44. The first kappa shape index (κ1) is 10.3. The minimum atomic E-state index is -0.488. The smallest absolute Gasteiger partial charge is 0.0785 e. The number of benzene rings is 1. The number of hydrogen-bond donors (Lipinski definition) is 1. The van der Waals surface area contributed by atoms with Gasteiger partial charge in [-0.05, 0) is 29.9 Å². The highest BCUT2D eigenvalue weighted by atomic mass is 35.5. The van der Waals surface area contributed by atoms with Crippen molar-refractivity contribution >= 4 is 23.4 Å². The van der Waals surface area contributed by atoms with Gasteiger partial charge in [0.1, 0.15) is 0 Å². The molecule has 1 saturated heterocycles. The summed E-state index contributed by atoms with van der Waals surface area (Å²) in [7, 11) is 0. The highest BCUT2D eigenvalue weighted by Crippen LogP contribution is 2.31. The van der Waals surface area contributed by atoms with E-state index in [2.05, 4.69) is 0 Å². The van der Waals surface area contributed by atoms with Crippen LogP contribution < -0.4 is 0 Å². The summed E-state index contributed by atoms with van der Waals surface area (Å²) in [6.07, 6.45) is 1.65. The minimum absolute atomic E-state index is 0.488. The molecule has 0 bridgehead atoms. The molecule has 1 heterocycles. The lowest BCUT2D eigenvalue weighted by molar-refractivity contribution is 0.0686. The molecule has 3 heteroatoms. The summed E-state index contributed by atoms with van der Waals surface area (Å²) < 4.78 is 0. The molecule has 0 saturated carbocycles. The Morgan fingerprint density at radius 2 is 2.07 bits per heavy atom. The molecule has 1 unspecified atom stereocenters. The van der Waals surface area contributed by atoms with E-state index in [1.807, 2.05) is 36.0 Å². The van der Waals surface area contributed by atoms with Crippen LogP contribution in [0, 0.1) is 0 Å². The normalized spacial score (nSPS) is 26.7. The molecule has 1 atom stereocenters. The average molecular weight is 229 g/mol. The predicted octanol–water partition coefficient (Wildman–Crippen LogP) is 2.75. The van der Waals surface area contributed by atoms with Crippen molar-refractivity contribution in [2.45, 2.75) is 18.4 Å². The second-order valence-electron chi connectivity index (χ2n) is 3.83. The Labute approximate surface area is 93.5 Å². The lowest BCUT2D eigenvalue weighted by Crippen LogP contribution is -2.30. The third-order valence-corrected chi connectivity index (χ3v) is 4.02. The van der Waals surface area contributed by atoms with E-state index in [-0.39, 0.29) is 0 Å². The molecule has 1 aliphatic heterocycles. The Morgan fingerprint density at radius 3 is 2.64 bits per heavy atom. The molecule has 14 heavy (non-hydrogen) atoms. The van der Waals surface area contributed by atoms with Gasteiger partial charge in [-0.15, -0.1) is 0 Å². The Bertz CT molecular complexity index is 304. The summed E-state index contributed by atoms with van der Waals surface area (Å²) in [5.74, 6) is 1.93. The molecule has 0 radical (unpaired) electrons. The van der Waals surface area contributed by atoms with Gasteiger partial charge in [-0.1, -0.05) is 23.7 Å². The molecule has 1 aliphatic rings. The summed E-state index contributed by atoms with van der Waals surface area (Å²) in [5, 5.41) is 10.9. The van der Waals surface area contributed by atoms with Gasteiger partial charge in [-0.3, -0.25) is 0 Å². The van der Waals surface area contributed by atoms with Crippen molar-refractivity contribution in [2.75, 3.05) is 11.5 Å². The zero-order valence-electron chi connectivity index (χ0n) is 7.87. The number of aliphatic hydroxyl groups is 1. The zero-order chi connectivity index (χ0) is 10.0. The van der Waals surface area contributed by atoms with E-state index in [0.717, 1.165) is 29.4 Å². The number of rotatable bonds is 2. The fourth-order valence-electron chi connectivity index (χ4n) is 1.72. The van der Waals surface area contributed by atoms with Gasteiger partial charge in [0.05, 0.1) is 5.60 Å². The van der Waals surface area contributed by atoms with Crippen LogP contribution in [0.2, 0.25) is 5.02 Å². The van der Waals surface area contributed by atoms with Crippen molar-refractivity contribution in [1.82, 2.24) is 0 Å². The fourth-order valence-corrected chi connectivity index (χ4v) is 3.14. The number of thioether (sulfide) groups is 1. The molecular formula is C11H13ClOS. The van der Waals surface area contributed by atoms with E-state index in [9.17, 15) is 5.11 Å². The van der Waals surface area contributed by atoms with Crippen LogP contribution in [-0.2, 0) is 6.42 Å². The second kappa shape index (κ2) is 4.13. The van der Waals surface area contributed by atoms with E-state index in [0.29, 0.717) is 0 Å². The molecule has 0 aliphatic carbocycles. The summed E-state index contributed by atoms with van der Waals surface area (Å²) in [6.45, 7) is 0. The highest BCUT2D eigenvalue weighted by molar-refractivity contribution is 7.99. The van der Waals surface area contributed by atoms with E-state index >= 15 is 0 Å². The van der Waals surface area contributed by atoms with E-state index < -0.39 is 5.60 Å². The van der Waals surface area contributed by atoms with Crippen LogP contribution in [0.1, 0.15) is 12.0 Å². The van der Waals surface area contributed by atoms with Crippen molar-refractivity contribution in [3.63, 3.8) is 0 Å². The van der Waals surface area contributed by atoms with Crippen molar-refractivity contribution in [3.05, 3.63) is 34.9 Å². The van der Waals surface area contributed by atoms with E-state index in [4.69, 9.17) is 11.6 Å². The van der Waals surface area contributed by atoms with Gasteiger partial charge >= 0.3 is 0 Å². The summed E-state index contributed by atoms with van der Waals surface area (Å²) in [4.78, 5) is 0. The first-order valence-corrected chi connectivity index (χ1v) is 6.26. The Hall–Kier alpha value is -0.180. The molecular weight excluding hydrogens is 216 g/mol. The maximum absolute atomic E-state index is 10.2. The Balaban J connectivity index is 2.06. The molecule has 1 aromatic carbocycles. The van der Waals surface area contributed by atoms with Gasteiger partial charge in [0.15, 0.2) is 0 Å². The molecule has 1 nitrogen and oxygen atoms in total. The molecule has 1 N–H and O–H groups in total. The van der Waals surface area contributed by atoms with Gasteiger partial charge in [0.25, 0.3) is 0 Å². The Kier molecular flexibility index (Phi) is 3.05. The van der Waals surface area contributed by atoms with Crippen LogP contribution in [0.3, 0.4) is 0 Å². The van der Waals surface area contributed by atoms with Crippen LogP contribution >= 0.6 is 23.4 Å². The molecule has 1 aromatic rings. The van der Waals surface area contributed by atoms with Gasteiger partial charge in [-0.25, -0.2) is 0 Å². The molecule has 0 spiro atoms. The van der Waals surface area contributed by atoms with Crippen LogP contribution in [0.4, 0.5) is 0 Å². The van der Waals surface area contributed by atoms with Crippen LogP contribution in [0.25, 0.3) is 0 Å². The molecule has 1 fully saturated rings. The molecule has 2 rings (SSSR count). The maximum Gasteiger partial charge on any atom is 0.0785 e. The van der Waals surface area contributed by atoms with Gasteiger partial charge < -0.3 is 5.11 Å². The fraction of sp³-hybridized carbons (Fsp3) is 0.455. The van der Waals surface area contributed by atoms with Gasteiger partial charge in [-0.2, -0.15) is 11.8 Å². The van der Waals surface area contributed by atoms with Crippen LogP contribution in [0.5, 0.6) is 0 Å². The monoisotopic (exact) mass is 228 g/mol. The number of halogens is 1. The van der Waals surface area contributed by atoms with Crippen molar-refractivity contribution < 1.29 is 5.11 Å². The standard InChI is InChI=1S/C11H13ClOS/c12-10-3-1-9(2-4-10)7-11(13)5-6-14-8-11/h1-4,13H,5-8H2. The summed E-state index contributed by atoms with van der Waals surface area (Å²) in [6, 6.07) is 7.73. The first-order chi connectivity index (χ1) is 6.68. The topological polar surface area (TPSA) is 20.2 Å². The summed E-state index contributed by atoms with van der Waals surface area (Å²) in [5.41, 5.74) is 0.679. The average Bonchev–Trinajstić information content (AvgIpc) is 2.57. The van der Waals surface area contributed by atoms with Gasteiger partial charge in [0.2, 0.25) is 0 Å². The quantitative estimate of drug-likeness (QED) is 0.840. The molecule has 0 amide bonds.